The highest BCUT2D eigenvalue weighted by Gasteiger charge is 2.29. The maximum atomic E-state index is 6.09. The Balaban J connectivity index is 1.76. The molecule has 0 aliphatic carbocycles. The Bertz CT molecular complexity index is 876. The van der Waals surface area contributed by atoms with Crippen LogP contribution in [0.2, 0.25) is 5.02 Å². The van der Waals surface area contributed by atoms with Crippen LogP contribution in [0, 0.1) is 0 Å². The van der Waals surface area contributed by atoms with Crippen LogP contribution in [0.4, 0.5) is 0 Å². The number of halogens is 1. The van der Waals surface area contributed by atoms with E-state index < -0.39 is 0 Å². The van der Waals surface area contributed by atoms with Gasteiger partial charge < -0.3 is 9.47 Å². The summed E-state index contributed by atoms with van der Waals surface area (Å²) in [7, 11) is 1.65. The van der Waals surface area contributed by atoms with Crippen molar-refractivity contribution in [3.8, 4) is 11.4 Å². The predicted molar refractivity (Wildman–Crippen MR) is 101 cm³/mol. The van der Waals surface area contributed by atoms with Gasteiger partial charge in [-0.3, -0.25) is 4.90 Å². The fourth-order valence-electron chi connectivity index (χ4n) is 3.28. The molecule has 0 radical (unpaired) electrons. The lowest BCUT2D eigenvalue weighted by atomic mass is 10.0. The maximum Gasteiger partial charge on any atom is 0.178 e. The van der Waals surface area contributed by atoms with Gasteiger partial charge in [0.15, 0.2) is 5.82 Å². The van der Waals surface area contributed by atoms with Crippen molar-refractivity contribution in [1.82, 2.24) is 25.1 Å². The normalized spacial score (nSPS) is 16.2. The van der Waals surface area contributed by atoms with E-state index in [9.17, 15) is 0 Å². The second-order valence-electron chi connectivity index (χ2n) is 6.25. The molecule has 7 nitrogen and oxygen atoms in total. The minimum atomic E-state index is -0.0942. The average molecular weight is 386 g/mol. The zero-order chi connectivity index (χ0) is 18.6. The number of hydrogen-bond acceptors (Lipinski definition) is 6. The first kappa shape index (κ1) is 17.9. The van der Waals surface area contributed by atoms with Crippen LogP contribution < -0.4 is 4.74 Å². The van der Waals surface area contributed by atoms with Crippen LogP contribution >= 0.6 is 11.6 Å². The molecule has 4 rings (SSSR count). The first-order valence-electron chi connectivity index (χ1n) is 8.76. The first-order chi connectivity index (χ1) is 13.3. The molecule has 1 aliphatic rings. The van der Waals surface area contributed by atoms with Crippen molar-refractivity contribution >= 4 is 11.6 Å². The predicted octanol–water partition coefficient (Wildman–Crippen LogP) is 2.75. The Morgan fingerprint density at radius 2 is 1.74 bits per heavy atom. The van der Waals surface area contributed by atoms with E-state index in [-0.39, 0.29) is 6.04 Å². The number of morpholine rings is 1. The summed E-state index contributed by atoms with van der Waals surface area (Å²) in [5.74, 6) is 1.54. The zero-order valence-corrected chi connectivity index (χ0v) is 15.7. The van der Waals surface area contributed by atoms with Crippen LogP contribution in [-0.2, 0) is 4.74 Å². The highest BCUT2D eigenvalue weighted by atomic mass is 35.5. The van der Waals surface area contributed by atoms with E-state index >= 15 is 0 Å². The quantitative estimate of drug-likeness (QED) is 0.672. The lowest BCUT2D eigenvalue weighted by Gasteiger charge is -2.33. The molecule has 2 heterocycles. The number of aromatic nitrogens is 4. The van der Waals surface area contributed by atoms with Gasteiger partial charge in [0.05, 0.1) is 32.1 Å². The molecule has 0 amide bonds. The number of ether oxygens (including phenoxy) is 2. The van der Waals surface area contributed by atoms with Crippen LogP contribution in [0.3, 0.4) is 0 Å². The molecule has 1 atom stereocenters. The SMILES string of the molecule is COc1ccc(-n2nnnc2[C@H](c2ccc(Cl)cc2)N2CCOCC2)cc1. The van der Waals surface area contributed by atoms with E-state index in [0.29, 0.717) is 18.2 Å². The molecule has 0 saturated carbocycles. The van der Waals surface area contributed by atoms with Crippen molar-refractivity contribution in [2.75, 3.05) is 33.4 Å². The van der Waals surface area contributed by atoms with E-state index in [4.69, 9.17) is 21.1 Å². The third-order valence-electron chi connectivity index (χ3n) is 4.65. The number of hydrogen-bond donors (Lipinski definition) is 0. The molecule has 140 valence electrons. The van der Waals surface area contributed by atoms with Gasteiger partial charge in [0.25, 0.3) is 0 Å². The van der Waals surface area contributed by atoms with E-state index in [1.807, 2.05) is 48.5 Å². The molecule has 3 aromatic rings. The Kier molecular flexibility index (Phi) is 5.33. The third-order valence-corrected chi connectivity index (χ3v) is 4.90. The molecule has 1 saturated heterocycles. The maximum absolute atomic E-state index is 6.09. The van der Waals surface area contributed by atoms with Gasteiger partial charge in [0.2, 0.25) is 0 Å². The number of tetrazole rings is 1. The lowest BCUT2D eigenvalue weighted by molar-refractivity contribution is 0.0220. The Labute approximate surface area is 162 Å². The molecular formula is C19H20ClN5O2. The Morgan fingerprint density at radius 1 is 1.04 bits per heavy atom. The standard InChI is InChI=1S/C19H20ClN5O2/c1-26-17-8-6-16(7-9-17)25-19(21-22-23-25)18(24-10-12-27-13-11-24)14-2-4-15(20)5-3-14/h2-9,18H,10-13H2,1H3/t18-/m0/s1. The van der Waals surface area contributed by atoms with Crippen molar-refractivity contribution in [1.29, 1.82) is 0 Å². The molecule has 8 heteroatoms. The number of methoxy groups -OCH3 is 1. The summed E-state index contributed by atoms with van der Waals surface area (Å²) in [5, 5.41) is 13.2. The second kappa shape index (κ2) is 8.04. The van der Waals surface area contributed by atoms with Gasteiger partial charge in [-0.05, 0) is 52.4 Å². The van der Waals surface area contributed by atoms with Crippen LogP contribution in [0.15, 0.2) is 48.5 Å². The third kappa shape index (κ3) is 3.80. The largest absolute Gasteiger partial charge is 0.497 e. The van der Waals surface area contributed by atoms with Gasteiger partial charge in [-0.1, -0.05) is 23.7 Å². The van der Waals surface area contributed by atoms with Gasteiger partial charge in [-0.25, -0.2) is 0 Å². The highest BCUT2D eigenvalue weighted by Crippen LogP contribution is 2.30. The summed E-state index contributed by atoms with van der Waals surface area (Å²) < 4.78 is 12.5. The van der Waals surface area contributed by atoms with Crippen molar-refractivity contribution in [3.63, 3.8) is 0 Å². The monoisotopic (exact) mass is 385 g/mol. The molecule has 1 fully saturated rings. The number of benzene rings is 2. The van der Waals surface area contributed by atoms with Crippen molar-refractivity contribution in [2.24, 2.45) is 0 Å². The van der Waals surface area contributed by atoms with Crippen molar-refractivity contribution < 1.29 is 9.47 Å². The van der Waals surface area contributed by atoms with Crippen LogP contribution in [0.1, 0.15) is 17.4 Å². The molecule has 2 aromatic carbocycles. The molecule has 0 unspecified atom stereocenters. The summed E-state index contributed by atoms with van der Waals surface area (Å²) in [6.07, 6.45) is 0. The lowest BCUT2D eigenvalue weighted by Crippen LogP contribution is -2.40. The molecule has 0 N–H and O–H groups in total. The molecule has 0 spiro atoms. The van der Waals surface area contributed by atoms with Gasteiger partial charge in [0, 0.05) is 18.1 Å². The minimum absolute atomic E-state index is 0.0942. The second-order valence-corrected chi connectivity index (χ2v) is 6.69. The molecular weight excluding hydrogens is 366 g/mol. The summed E-state index contributed by atoms with van der Waals surface area (Å²) in [4.78, 5) is 2.33. The number of nitrogens with zero attached hydrogens (tertiary/aromatic N) is 5. The first-order valence-corrected chi connectivity index (χ1v) is 9.14. The summed E-state index contributed by atoms with van der Waals surface area (Å²) in [5.41, 5.74) is 1.97. The Morgan fingerprint density at radius 3 is 2.41 bits per heavy atom. The molecule has 1 aliphatic heterocycles. The van der Waals surface area contributed by atoms with Crippen LogP contribution in [-0.4, -0.2) is 58.5 Å². The summed E-state index contributed by atoms with van der Waals surface area (Å²) in [6.45, 7) is 2.99. The van der Waals surface area contributed by atoms with Gasteiger partial charge in [-0.2, -0.15) is 4.68 Å². The van der Waals surface area contributed by atoms with Crippen LogP contribution in [0.5, 0.6) is 5.75 Å². The average Bonchev–Trinajstić information content (AvgIpc) is 3.20. The van der Waals surface area contributed by atoms with Gasteiger partial charge in [0.1, 0.15) is 5.75 Å². The van der Waals surface area contributed by atoms with E-state index in [2.05, 4.69) is 20.4 Å². The highest BCUT2D eigenvalue weighted by molar-refractivity contribution is 6.30. The molecule has 0 bridgehead atoms. The van der Waals surface area contributed by atoms with E-state index in [1.54, 1.807) is 11.8 Å². The van der Waals surface area contributed by atoms with Crippen LogP contribution in [0.25, 0.3) is 5.69 Å². The van der Waals surface area contributed by atoms with E-state index in [1.165, 1.54) is 0 Å². The smallest absolute Gasteiger partial charge is 0.178 e. The topological polar surface area (TPSA) is 65.3 Å². The van der Waals surface area contributed by atoms with Gasteiger partial charge in [-0.15, -0.1) is 5.10 Å². The minimum Gasteiger partial charge on any atom is -0.497 e. The molecule has 27 heavy (non-hydrogen) atoms. The fraction of sp³-hybridized carbons (Fsp3) is 0.316. The molecule has 1 aromatic heterocycles. The van der Waals surface area contributed by atoms with Gasteiger partial charge >= 0.3 is 0 Å². The Hall–Kier alpha value is -2.48. The zero-order valence-electron chi connectivity index (χ0n) is 15.0. The summed E-state index contributed by atoms with van der Waals surface area (Å²) in [6, 6.07) is 15.4. The van der Waals surface area contributed by atoms with Crippen molar-refractivity contribution in [2.45, 2.75) is 6.04 Å². The summed E-state index contributed by atoms with van der Waals surface area (Å²) >= 11 is 6.09. The number of rotatable bonds is 5. The van der Waals surface area contributed by atoms with Crippen molar-refractivity contribution in [3.05, 3.63) is 64.9 Å². The fourth-order valence-corrected chi connectivity index (χ4v) is 3.40. The van der Waals surface area contributed by atoms with E-state index in [0.717, 1.165) is 35.9 Å².